The molecule has 5 rings (SSSR count). The molecule has 0 spiro atoms. The summed E-state index contributed by atoms with van der Waals surface area (Å²) in [6, 6.07) is 9.44. The zero-order valence-electron chi connectivity index (χ0n) is 20.2. The number of anilines is 1. The molecule has 1 saturated heterocycles. The zero-order chi connectivity index (χ0) is 25.7. The number of nitrogens with zero attached hydrogens (tertiary/aromatic N) is 5. The summed E-state index contributed by atoms with van der Waals surface area (Å²) in [6.07, 6.45) is -0.981. The van der Waals surface area contributed by atoms with Gasteiger partial charge in [-0.2, -0.15) is 10.3 Å². The van der Waals surface area contributed by atoms with Crippen LogP contribution < -0.4 is 10.1 Å². The van der Waals surface area contributed by atoms with E-state index in [2.05, 4.69) is 20.1 Å². The topological polar surface area (TPSA) is 90.2 Å². The summed E-state index contributed by atoms with van der Waals surface area (Å²) in [5.41, 5.74) is 1.44. The first-order valence-corrected chi connectivity index (χ1v) is 11.8. The van der Waals surface area contributed by atoms with E-state index in [1.807, 2.05) is 26.8 Å². The van der Waals surface area contributed by atoms with Crippen molar-refractivity contribution >= 4 is 11.6 Å². The van der Waals surface area contributed by atoms with E-state index >= 15 is 0 Å². The Hall–Kier alpha value is -2.93. The van der Waals surface area contributed by atoms with Crippen LogP contribution in [0.4, 0.5) is 19.1 Å². The summed E-state index contributed by atoms with van der Waals surface area (Å²) in [7, 11) is 0. The maximum atomic E-state index is 12.5. The van der Waals surface area contributed by atoms with Gasteiger partial charge in [0.05, 0.1) is 5.60 Å². The number of piperidine rings is 1. The molecule has 1 aromatic carbocycles. The summed E-state index contributed by atoms with van der Waals surface area (Å²) in [4.78, 5) is 10.2. The first-order valence-electron chi connectivity index (χ1n) is 11.8. The SMILES string of the molecule is CC(C)(C)ON([O-])N1CC2CC[C@@H](C1)C2Nc1nc2c(-c3ccc(OC(F)(F)F)cc3)cccn2n1. The van der Waals surface area contributed by atoms with Gasteiger partial charge in [-0.05, 0) is 75.3 Å². The highest BCUT2D eigenvalue weighted by atomic mass is 19.4. The molecular formula is C24H28F3N6O3-. The molecule has 1 aliphatic heterocycles. The van der Waals surface area contributed by atoms with Gasteiger partial charge >= 0.3 is 6.36 Å². The Morgan fingerprint density at radius 1 is 1.06 bits per heavy atom. The van der Waals surface area contributed by atoms with Gasteiger partial charge in [-0.1, -0.05) is 12.1 Å². The fourth-order valence-electron chi connectivity index (χ4n) is 5.04. The van der Waals surface area contributed by atoms with Crippen molar-refractivity contribution in [2.45, 2.75) is 51.6 Å². The van der Waals surface area contributed by atoms with Crippen LogP contribution in [0.15, 0.2) is 42.6 Å². The van der Waals surface area contributed by atoms with Crippen molar-refractivity contribution in [2.75, 3.05) is 18.4 Å². The minimum Gasteiger partial charge on any atom is -0.748 e. The number of aromatic nitrogens is 3. The smallest absolute Gasteiger partial charge is 0.573 e. The quantitative estimate of drug-likeness (QED) is 0.475. The number of benzene rings is 1. The van der Waals surface area contributed by atoms with E-state index in [4.69, 9.17) is 4.84 Å². The molecule has 1 aliphatic carbocycles. The van der Waals surface area contributed by atoms with Crippen molar-refractivity contribution < 1.29 is 22.7 Å². The van der Waals surface area contributed by atoms with Crippen LogP contribution in [0, 0.1) is 17.0 Å². The van der Waals surface area contributed by atoms with Crippen molar-refractivity contribution in [1.29, 1.82) is 0 Å². The summed E-state index contributed by atoms with van der Waals surface area (Å²) in [5, 5.41) is 22.9. The molecular weight excluding hydrogens is 477 g/mol. The molecule has 194 valence electrons. The van der Waals surface area contributed by atoms with Gasteiger partial charge in [0.2, 0.25) is 5.95 Å². The second kappa shape index (κ2) is 9.18. The highest BCUT2D eigenvalue weighted by Crippen LogP contribution is 2.39. The van der Waals surface area contributed by atoms with Gasteiger partial charge in [0.15, 0.2) is 5.65 Å². The average Bonchev–Trinajstić information content (AvgIpc) is 3.28. The third kappa shape index (κ3) is 5.41. The number of rotatable bonds is 6. The first kappa shape index (κ1) is 24.8. The predicted molar refractivity (Wildman–Crippen MR) is 126 cm³/mol. The van der Waals surface area contributed by atoms with E-state index in [-0.39, 0.29) is 23.6 Å². The molecule has 2 fully saturated rings. The molecule has 1 N–H and O–H groups in total. The largest absolute Gasteiger partial charge is 0.748 e. The number of hydrogen-bond donors (Lipinski definition) is 1. The summed E-state index contributed by atoms with van der Waals surface area (Å²) >= 11 is 0. The molecule has 3 heterocycles. The van der Waals surface area contributed by atoms with Crippen LogP contribution in [-0.2, 0) is 4.84 Å². The minimum atomic E-state index is -4.74. The van der Waals surface area contributed by atoms with Gasteiger partial charge in [-0.3, -0.25) is 4.84 Å². The van der Waals surface area contributed by atoms with Gasteiger partial charge in [-0.15, -0.1) is 18.3 Å². The van der Waals surface area contributed by atoms with Gasteiger partial charge < -0.3 is 15.3 Å². The molecule has 0 amide bonds. The number of halogens is 3. The van der Waals surface area contributed by atoms with E-state index in [1.165, 1.54) is 12.1 Å². The molecule has 0 radical (unpaired) electrons. The molecule has 2 aromatic heterocycles. The van der Waals surface area contributed by atoms with Crippen LogP contribution >= 0.6 is 0 Å². The fourth-order valence-corrected chi connectivity index (χ4v) is 5.04. The van der Waals surface area contributed by atoms with Crippen LogP contribution in [0.1, 0.15) is 33.6 Å². The van der Waals surface area contributed by atoms with Gasteiger partial charge in [-0.25, -0.2) is 9.52 Å². The van der Waals surface area contributed by atoms with Crippen LogP contribution in [0.5, 0.6) is 5.75 Å². The predicted octanol–water partition coefficient (Wildman–Crippen LogP) is 4.86. The van der Waals surface area contributed by atoms with Crippen molar-refractivity contribution in [3.63, 3.8) is 0 Å². The Bertz CT molecular complexity index is 1200. The number of fused-ring (bicyclic) bond motifs is 3. The third-order valence-corrected chi connectivity index (χ3v) is 6.45. The first-order chi connectivity index (χ1) is 16.9. The average molecular weight is 506 g/mol. The standard InChI is InChI=1S/C24H28F3N6O3/c1-23(2,3)36-33(34)31-13-16-6-7-17(14-31)20(16)28-22-29-21-19(5-4-12-32(21)30-22)15-8-10-18(11-9-15)35-24(25,26)27/h4-5,8-12,16-17,20H,6-7,13-14H2,1-3H3,(H,28,30)/q-1/t16-,17?,20?/m0/s1. The van der Waals surface area contributed by atoms with Crippen LogP contribution in [-0.4, -0.2) is 56.0 Å². The molecule has 36 heavy (non-hydrogen) atoms. The third-order valence-electron chi connectivity index (χ3n) is 6.45. The van der Waals surface area contributed by atoms with Crippen molar-refractivity contribution in [1.82, 2.24) is 24.9 Å². The van der Waals surface area contributed by atoms with Crippen molar-refractivity contribution in [3.8, 4) is 16.9 Å². The van der Waals surface area contributed by atoms with Gasteiger partial charge in [0, 0.05) is 30.9 Å². The zero-order valence-corrected chi connectivity index (χ0v) is 20.2. The molecule has 1 saturated carbocycles. The monoisotopic (exact) mass is 505 g/mol. The fraction of sp³-hybridized carbons (Fsp3) is 0.500. The van der Waals surface area contributed by atoms with Crippen molar-refractivity contribution in [3.05, 3.63) is 47.8 Å². The summed E-state index contributed by atoms with van der Waals surface area (Å²) in [5.74, 6) is 0.681. The highest BCUT2D eigenvalue weighted by molar-refractivity contribution is 5.78. The number of nitrogens with one attached hydrogen (secondary N) is 1. The molecule has 3 aromatic rings. The van der Waals surface area contributed by atoms with E-state index < -0.39 is 12.0 Å². The Morgan fingerprint density at radius 3 is 2.33 bits per heavy atom. The van der Waals surface area contributed by atoms with Gasteiger partial charge in [0.25, 0.3) is 0 Å². The second-order valence-electron chi connectivity index (χ2n) is 10.3. The van der Waals surface area contributed by atoms with E-state index in [1.54, 1.807) is 33.9 Å². The maximum Gasteiger partial charge on any atom is 0.573 e. The molecule has 2 bridgehead atoms. The Labute approximate surface area is 206 Å². The van der Waals surface area contributed by atoms with Crippen molar-refractivity contribution in [2.24, 2.45) is 11.8 Å². The van der Waals surface area contributed by atoms with Crippen LogP contribution in [0.25, 0.3) is 16.8 Å². The van der Waals surface area contributed by atoms with Crippen LogP contribution in [0.3, 0.4) is 0 Å². The Morgan fingerprint density at radius 2 is 1.72 bits per heavy atom. The number of ether oxygens (including phenoxy) is 1. The lowest BCUT2D eigenvalue weighted by atomic mass is 9.93. The summed E-state index contributed by atoms with van der Waals surface area (Å²) in [6.45, 7) is 6.69. The van der Waals surface area contributed by atoms with E-state index in [0.29, 0.717) is 35.6 Å². The Kier molecular flexibility index (Phi) is 6.31. The minimum absolute atomic E-state index is 0.129. The summed E-state index contributed by atoms with van der Waals surface area (Å²) < 4.78 is 43.0. The Balaban J connectivity index is 1.31. The highest BCUT2D eigenvalue weighted by Gasteiger charge is 2.43. The molecule has 2 aliphatic rings. The number of pyridine rings is 1. The molecule has 9 nitrogen and oxygen atoms in total. The number of hydrazine groups is 1. The molecule has 3 atom stereocenters. The second-order valence-corrected chi connectivity index (χ2v) is 10.3. The van der Waals surface area contributed by atoms with Gasteiger partial charge in [0.1, 0.15) is 5.75 Å². The van der Waals surface area contributed by atoms with E-state index in [9.17, 15) is 18.4 Å². The molecule has 2 unspecified atom stereocenters. The lowest BCUT2D eigenvalue weighted by Crippen LogP contribution is -2.54. The lowest BCUT2D eigenvalue weighted by Gasteiger charge is -2.47. The normalized spacial score (nSPS) is 22.9. The number of hydrogen-bond acceptors (Lipinski definition) is 8. The van der Waals surface area contributed by atoms with E-state index in [0.717, 1.165) is 18.4 Å². The lowest BCUT2D eigenvalue weighted by molar-refractivity contribution is -0.306. The maximum absolute atomic E-state index is 12.5. The number of alkyl halides is 3. The van der Waals surface area contributed by atoms with Crippen LogP contribution in [0.2, 0.25) is 0 Å². The molecule has 12 heteroatoms.